The number of fused-ring (bicyclic) bond motifs is 10. The summed E-state index contributed by atoms with van der Waals surface area (Å²) in [5.74, 6) is 4.40. The topological polar surface area (TPSA) is 194 Å². The van der Waals surface area contributed by atoms with E-state index in [1.807, 2.05) is 20.8 Å². The largest absolute Gasteiger partial charge is 0.476 e. The number of amides is 1. The third-order valence-electron chi connectivity index (χ3n) is 22.4. The third-order valence-corrected chi connectivity index (χ3v) is 22.4. The van der Waals surface area contributed by atoms with E-state index < -0.39 is 17.2 Å². The van der Waals surface area contributed by atoms with E-state index in [9.17, 15) is 29.4 Å². The van der Waals surface area contributed by atoms with Crippen molar-refractivity contribution >= 4 is 23.4 Å². The Morgan fingerprint density at radius 1 is 0.560 bits per heavy atom. The van der Waals surface area contributed by atoms with Gasteiger partial charge in [-0.1, -0.05) is 82.6 Å². The molecule has 75 heavy (non-hydrogen) atoms. The van der Waals surface area contributed by atoms with Gasteiger partial charge in [-0.15, -0.1) is 10.2 Å². The minimum absolute atomic E-state index is 0. The van der Waals surface area contributed by atoms with Crippen LogP contribution in [0.25, 0.3) is 0 Å². The molecule has 8 saturated carbocycles. The van der Waals surface area contributed by atoms with Gasteiger partial charge in [0.1, 0.15) is 13.1 Å². The first-order valence-corrected chi connectivity index (χ1v) is 29.2. The standard InChI is InChI=1S/C29H46N4O3.C25H37N3O4.C5H12.2CH4/c1-6-15-32(5)26(35)24-17-30-33(31-24)18-25(34)23-10-9-21-20-8-7-19-16-27(2,36)13-14-28(19,3)22(20)11-12-29(21,23)4;1-23(32)10-11-24(2)15(12-23)4-5-16-17-6-7-19(25(17,3)9-8-18(16)24)21(29)14-28-26-13-20(27-28)22(30)31;1-3-5-4-2;;/h17,19-23,36H,6-16,18H2,1-5H3;13,15-19,32H,4-12,14H2,1-3H3,(H,30,31);3-5H2,1-2H3;2*1H4/t19-,20+,21+,22+,23-,27-,28+,29+;15-,16+,17+,18+,19-,23-,24+,25+;;;/m11.../s1. The van der Waals surface area contributed by atoms with Crippen LogP contribution < -0.4 is 0 Å². The predicted molar refractivity (Wildman–Crippen MR) is 295 cm³/mol. The first-order valence-electron chi connectivity index (χ1n) is 29.2. The number of Topliss-reactive ketones (excluding diaryl/α,β-unsaturated/α-hetero) is 2. The Balaban J connectivity index is 0.000000219. The van der Waals surface area contributed by atoms with Gasteiger partial charge in [-0.3, -0.25) is 14.4 Å². The second-order valence-corrected chi connectivity index (χ2v) is 26.9. The van der Waals surface area contributed by atoms with Gasteiger partial charge >= 0.3 is 5.97 Å². The molecule has 14 heteroatoms. The number of carboxylic acid groups (broad SMARTS) is 1. The molecular weight excluding hydrogens is 943 g/mol. The fourth-order valence-corrected chi connectivity index (χ4v) is 18.3. The molecule has 0 aromatic carbocycles. The lowest BCUT2D eigenvalue weighted by atomic mass is 9.44. The summed E-state index contributed by atoms with van der Waals surface area (Å²) in [6.07, 6.45) is 27.3. The van der Waals surface area contributed by atoms with Crippen LogP contribution in [-0.4, -0.2) is 98.4 Å². The molecule has 8 fully saturated rings. The van der Waals surface area contributed by atoms with Crippen LogP contribution in [-0.2, 0) is 22.7 Å². The van der Waals surface area contributed by atoms with Gasteiger partial charge in [-0.2, -0.15) is 19.8 Å². The number of hydrogen-bond acceptors (Lipinski definition) is 10. The molecule has 0 spiro atoms. The van der Waals surface area contributed by atoms with E-state index in [1.54, 1.807) is 11.9 Å². The molecule has 10 rings (SSSR count). The number of aromatic nitrogens is 6. The van der Waals surface area contributed by atoms with Crippen LogP contribution in [0.3, 0.4) is 0 Å². The van der Waals surface area contributed by atoms with Crippen LogP contribution in [0.15, 0.2) is 12.4 Å². The Morgan fingerprint density at radius 3 is 1.36 bits per heavy atom. The molecule has 0 unspecified atom stereocenters. The highest BCUT2D eigenvalue weighted by molar-refractivity contribution is 5.91. The summed E-state index contributed by atoms with van der Waals surface area (Å²) in [7, 11) is 1.77. The SMILES string of the molecule is C.C.CCCCC.CCCN(C)C(=O)c1cnn(CC(=O)[C@H]2CC[C@H]3[C@@H]4CC[C@@H]5C[C@](C)(O)CC[C@]5(C)[C@H]4CC[C@]23C)n1.C[C@@]1(O)CC[C@@]2(C)[C@H](CC[C@@H]3[C@@H]2CC[C@]2(C)[C@@H](C(=O)Cn4ncc(C(=O)O)n4)CC[C@@H]32)C1. The maximum atomic E-state index is 13.6. The molecule has 2 aromatic rings. The van der Waals surface area contributed by atoms with Crippen molar-refractivity contribution in [1.29, 1.82) is 0 Å². The summed E-state index contributed by atoms with van der Waals surface area (Å²) < 4.78 is 0. The van der Waals surface area contributed by atoms with Gasteiger partial charge in [0.2, 0.25) is 0 Å². The van der Waals surface area contributed by atoms with Gasteiger partial charge in [-0.25, -0.2) is 4.79 Å². The van der Waals surface area contributed by atoms with Crippen LogP contribution in [0.1, 0.15) is 239 Å². The summed E-state index contributed by atoms with van der Waals surface area (Å²) in [6.45, 7) is 21.1. The zero-order valence-corrected chi connectivity index (χ0v) is 46.7. The number of carbonyl (C=O) groups excluding carboxylic acids is 3. The molecular formula is C61H103N7O7. The molecule has 2 aromatic heterocycles. The number of ketones is 2. The Hall–Kier alpha value is -3.52. The van der Waals surface area contributed by atoms with Crippen LogP contribution in [0.2, 0.25) is 0 Å². The molecule has 424 valence electrons. The van der Waals surface area contributed by atoms with Crippen molar-refractivity contribution in [3.8, 4) is 0 Å². The number of carboxylic acids is 1. The number of hydrogen-bond donors (Lipinski definition) is 3. The normalized spacial score (nSPS) is 40.1. The lowest BCUT2D eigenvalue weighted by molar-refractivity contribution is -0.151. The molecule has 0 radical (unpaired) electrons. The Kier molecular flexibility index (Phi) is 19.0. The zero-order valence-electron chi connectivity index (χ0n) is 46.7. The Labute approximate surface area is 452 Å². The van der Waals surface area contributed by atoms with Crippen molar-refractivity contribution in [2.24, 2.45) is 80.8 Å². The molecule has 8 aliphatic rings. The molecule has 0 aliphatic heterocycles. The highest BCUT2D eigenvalue weighted by Crippen LogP contribution is 2.70. The van der Waals surface area contributed by atoms with E-state index in [0.29, 0.717) is 64.5 Å². The van der Waals surface area contributed by atoms with E-state index in [0.717, 1.165) is 89.4 Å². The summed E-state index contributed by atoms with van der Waals surface area (Å²) >= 11 is 0. The van der Waals surface area contributed by atoms with Crippen molar-refractivity contribution in [3.05, 3.63) is 23.8 Å². The predicted octanol–water partition coefficient (Wildman–Crippen LogP) is 12.2. The molecule has 0 bridgehead atoms. The van der Waals surface area contributed by atoms with Crippen molar-refractivity contribution in [1.82, 2.24) is 34.9 Å². The van der Waals surface area contributed by atoms with Gasteiger partial charge in [0.15, 0.2) is 23.0 Å². The molecule has 16 atom stereocenters. The maximum Gasteiger partial charge on any atom is 0.358 e. The first kappa shape index (κ1) is 60.7. The van der Waals surface area contributed by atoms with E-state index in [2.05, 4.69) is 61.9 Å². The van der Waals surface area contributed by atoms with Gasteiger partial charge in [0.05, 0.1) is 23.6 Å². The number of nitrogens with zero attached hydrogens (tertiary/aromatic N) is 7. The summed E-state index contributed by atoms with van der Waals surface area (Å²) in [4.78, 5) is 54.8. The molecule has 1 amide bonds. The highest BCUT2D eigenvalue weighted by Gasteiger charge is 2.63. The molecule has 14 nitrogen and oxygen atoms in total. The lowest BCUT2D eigenvalue weighted by Crippen LogP contribution is -2.55. The van der Waals surface area contributed by atoms with Gasteiger partial charge in [0, 0.05) is 25.4 Å². The fourth-order valence-electron chi connectivity index (χ4n) is 18.3. The summed E-state index contributed by atoms with van der Waals surface area (Å²) in [6, 6.07) is 0. The van der Waals surface area contributed by atoms with Gasteiger partial charge in [-0.05, 0) is 205 Å². The Morgan fingerprint density at radius 2 is 0.973 bits per heavy atom. The van der Waals surface area contributed by atoms with Crippen molar-refractivity contribution in [2.75, 3.05) is 13.6 Å². The second-order valence-electron chi connectivity index (χ2n) is 26.9. The molecule has 2 heterocycles. The zero-order chi connectivity index (χ0) is 52.9. The third kappa shape index (κ3) is 11.8. The smallest absolute Gasteiger partial charge is 0.358 e. The van der Waals surface area contributed by atoms with E-state index in [4.69, 9.17) is 5.11 Å². The van der Waals surface area contributed by atoms with Crippen LogP contribution in [0.5, 0.6) is 0 Å². The van der Waals surface area contributed by atoms with Crippen molar-refractivity contribution in [3.63, 3.8) is 0 Å². The number of carbonyl (C=O) groups is 4. The minimum Gasteiger partial charge on any atom is -0.476 e. The van der Waals surface area contributed by atoms with Crippen molar-refractivity contribution < 1.29 is 34.5 Å². The number of rotatable bonds is 12. The average molecular weight is 1050 g/mol. The monoisotopic (exact) mass is 1050 g/mol. The van der Waals surface area contributed by atoms with Crippen LogP contribution in [0, 0.1) is 80.8 Å². The lowest BCUT2D eigenvalue weighted by Gasteiger charge is -2.61. The molecule has 8 aliphatic carbocycles. The number of unbranched alkanes of at least 4 members (excludes halogenated alkanes) is 2. The quantitative estimate of drug-likeness (QED) is 0.183. The average Bonchev–Trinajstić information content (AvgIpc) is 4.15. The van der Waals surface area contributed by atoms with E-state index in [-0.39, 0.29) is 73.8 Å². The van der Waals surface area contributed by atoms with Crippen molar-refractivity contribution in [2.45, 2.75) is 243 Å². The van der Waals surface area contributed by atoms with E-state index in [1.165, 1.54) is 79.8 Å². The first-order chi connectivity index (χ1) is 34.4. The van der Waals surface area contributed by atoms with Crippen LogP contribution in [0.4, 0.5) is 0 Å². The van der Waals surface area contributed by atoms with Gasteiger partial charge < -0.3 is 20.2 Å². The molecule has 3 N–H and O–H groups in total. The highest BCUT2D eigenvalue weighted by atomic mass is 16.4. The maximum absolute atomic E-state index is 13.6. The fraction of sp³-hybridized carbons (Fsp3) is 0.869. The molecule has 0 saturated heterocycles. The Bertz CT molecular complexity index is 2290. The number of aliphatic hydroxyl groups is 2. The summed E-state index contributed by atoms with van der Waals surface area (Å²) in [5.41, 5.74) is -0.0915. The number of aromatic carboxylic acids is 1. The van der Waals surface area contributed by atoms with Gasteiger partial charge in [0.25, 0.3) is 5.91 Å². The second kappa shape index (κ2) is 23.4. The minimum atomic E-state index is -1.12. The van der Waals surface area contributed by atoms with E-state index >= 15 is 0 Å². The van der Waals surface area contributed by atoms with Crippen LogP contribution >= 0.6 is 0 Å². The summed E-state index contributed by atoms with van der Waals surface area (Å²) in [5, 5.41) is 47.0.